The molecule has 5 nitrogen and oxygen atoms in total. The third kappa shape index (κ3) is 2.59. The molecule has 2 aromatic heterocycles. The Hall–Kier alpha value is -1.72. The van der Waals surface area contributed by atoms with Crippen molar-refractivity contribution in [2.24, 2.45) is 5.41 Å². The number of nitrogens with zero attached hydrogens (tertiary/aromatic N) is 3. The van der Waals surface area contributed by atoms with Crippen LogP contribution in [0, 0.1) is 5.41 Å². The summed E-state index contributed by atoms with van der Waals surface area (Å²) >= 11 is 0. The monoisotopic (exact) mass is 283 g/mol. The molecule has 0 aliphatic carbocycles. The molecule has 0 saturated carbocycles. The first-order valence-electron chi connectivity index (χ1n) is 7.71. The van der Waals surface area contributed by atoms with Gasteiger partial charge in [0.1, 0.15) is 0 Å². The van der Waals surface area contributed by atoms with Crippen LogP contribution in [-0.4, -0.2) is 46.3 Å². The minimum atomic E-state index is 0.534. The van der Waals surface area contributed by atoms with Crippen LogP contribution in [0.2, 0.25) is 0 Å². The number of aromatic nitrogens is 3. The van der Waals surface area contributed by atoms with Gasteiger partial charge in [-0.15, -0.1) is 0 Å². The van der Waals surface area contributed by atoms with Gasteiger partial charge in [-0.2, -0.15) is 5.10 Å². The van der Waals surface area contributed by atoms with Crippen LogP contribution in [0.5, 0.6) is 0 Å². The van der Waals surface area contributed by atoms with Gasteiger partial charge >= 0.3 is 0 Å². The molecule has 1 spiro atoms. The van der Waals surface area contributed by atoms with Crippen molar-refractivity contribution in [1.82, 2.24) is 25.4 Å². The maximum absolute atomic E-state index is 4.41. The molecule has 2 aliphatic heterocycles. The fourth-order valence-electron chi connectivity index (χ4n) is 3.65. The Kier molecular flexibility index (Phi) is 3.24. The van der Waals surface area contributed by atoms with Crippen LogP contribution >= 0.6 is 0 Å². The number of rotatable bonds is 3. The summed E-state index contributed by atoms with van der Waals surface area (Å²) in [6.07, 6.45) is 6.29. The van der Waals surface area contributed by atoms with Crippen molar-refractivity contribution in [3.8, 4) is 11.3 Å². The maximum Gasteiger partial charge on any atom is 0.0939 e. The second kappa shape index (κ2) is 5.24. The normalized spacial score (nSPS) is 25.9. The first-order valence-corrected chi connectivity index (χ1v) is 7.71. The molecule has 2 aliphatic rings. The molecular weight excluding hydrogens is 262 g/mol. The fourth-order valence-corrected chi connectivity index (χ4v) is 3.65. The molecule has 1 unspecified atom stereocenters. The zero-order chi connectivity index (χ0) is 14.1. The lowest BCUT2D eigenvalue weighted by Crippen LogP contribution is -2.29. The van der Waals surface area contributed by atoms with Crippen LogP contribution in [0.25, 0.3) is 11.3 Å². The lowest BCUT2D eigenvalue weighted by Gasteiger charge is -2.22. The van der Waals surface area contributed by atoms with Crippen LogP contribution in [0.4, 0.5) is 0 Å². The van der Waals surface area contributed by atoms with E-state index in [1.807, 2.05) is 18.3 Å². The Labute approximate surface area is 124 Å². The second-order valence-corrected chi connectivity index (χ2v) is 6.41. The van der Waals surface area contributed by atoms with Crippen molar-refractivity contribution in [2.75, 3.05) is 26.2 Å². The van der Waals surface area contributed by atoms with Crippen LogP contribution in [0.15, 0.2) is 30.6 Å². The number of likely N-dealkylation sites (tertiary alicyclic amines) is 1. The van der Waals surface area contributed by atoms with Gasteiger partial charge in [0, 0.05) is 43.3 Å². The Morgan fingerprint density at radius 2 is 2.33 bits per heavy atom. The molecule has 2 N–H and O–H groups in total. The zero-order valence-electron chi connectivity index (χ0n) is 12.2. The number of pyridine rings is 1. The first kappa shape index (κ1) is 13.0. The summed E-state index contributed by atoms with van der Waals surface area (Å²) in [6, 6.07) is 6.14. The fraction of sp³-hybridized carbons (Fsp3) is 0.500. The minimum absolute atomic E-state index is 0.534. The van der Waals surface area contributed by atoms with Gasteiger partial charge in [0.25, 0.3) is 0 Å². The van der Waals surface area contributed by atoms with Gasteiger partial charge < -0.3 is 5.32 Å². The van der Waals surface area contributed by atoms with Crippen LogP contribution < -0.4 is 5.32 Å². The van der Waals surface area contributed by atoms with Gasteiger partial charge in [0.05, 0.1) is 5.69 Å². The molecule has 0 bridgehead atoms. The van der Waals surface area contributed by atoms with E-state index in [-0.39, 0.29) is 0 Å². The highest BCUT2D eigenvalue weighted by molar-refractivity contribution is 5.57. The number of nitrogens with one attached hydrogen (secondary N) is 2. The molecule has 5 heteroatoms. The van der Waals surface area contributed by atoms with Gasteiger partial charge in [-0.3, -0.25) is 15.0 Å². The van der Waals surface area contributed by atoms with E-state index in [0.29, 0.717) is 5.41 Å². The van der Waals surface area contributed by atoms with E-state index in [1.54, 1.807) is 6.20 Å². The van der Waals surface area contributed by atoms with E-state index >= 15 is 0 Å². The Morgan fingerprint density at radius 3 is 3.14 bits per heavy atom. The van der Waals surface area contributed by atoms with Crippen molar-refractivity contribution >= 4 is 0 Å². The number of hydrogen-bond acceptors (Lipinski definition) is 4. The van der Waals surface area contributed by atoms with E-state index in [2.05, 4.69) is 31.5 Å². The summed E-state index contributed by atoms with van der Waals surface area (Å²) in [5.41, 5.74) is 3.77. The predicted molar refractivity (Wildman–Crippen MR) is 81.6 cm³/mol. The lowest BCUT2D eigenvalue weighted by atomic mass is 9.87. The van der Waals surface area contributed by atoms with Gasteiger partial charge in [-0.05, 0) is 49.5 Å². The summed E-state index contributed by atoms with van der Waals surface area (Å²) in [7, 11) is 0. The molecule has 21 heavy (non-hydrogen) atoms. The topological polar surface area (TPSA) is 56.8 Å². The zero-order valence-corrected chi connectivity index (χ0v) is 12.2. The van der Waals surface area contributed by atoms with E-state index in [1.165, 1.54) is 44.7 Å². The standard InChI is InChI=1S/C16H21N5/c1-2-13(9-17-5-1)15-8-14(19-20-15)10-21-7-4-16(12-21)3-6-18-11-16/h1-2,5,8-9,18H,3-4,6-7,10-12H2,(H,19,20). The number of aromatic amines is 1. The Bertz CT molecular complexity index is 600. The van der Waals surface area contributed by atoms with Crippen LogP contribution in [0.3, 0.4) is 0 Å². The maximum atomic E-state index is 4.41. The summed E-state index contributed by atoms with van der Waals surface area (Å²) < 4.78 is 0. The van der Waals surface area contributed by atoms with Crippen molar-refractivity contribution in [2.45, 2.75) is 19.4 Å². The third-order valence-electron chi connectivity index (χ3n) is 4.83. The van der Waals surface area contributed by atoms with Crippen LogP contribution in [-0.2, 0) is 6.54 Å². The van der Waals surface area contributed by atoms with Crippen molar-refractivity contribution < 1.29 is 0 Å². The Morgan fingerprint density at radius 1 is 1.33 bits per heavy atom. The van der Waals surface area contributed by atoms with Gasteiger partial charge in [-0.25, -0.2) is 0 Å². The van der Waals surface area contributed by atoms with E-state index < -0.39 is 0 Å². The Balaban J connectivity index is 1.43. The quantitative estimate of drug-likeness (QED) is 0.899. The molecular formula is C16H21N5. The third-order valence-corrected chi connectivity index (χ3v) is 4.83. The highest BCUT2D eigenvalue weighted by Crippen LogP contribution is 2.36. The number of hydrogen-bond donors (Lipinski definition) is 2. The lowest BCUT2D eigenvalue weighted by molar-refractivity contribution is 0.266. The van der Waals surface area contributed by atoms with Crippen molar-refractivity contribution in [1.29, 1.82) is 0 Å². The van der Waals surface area contributed by atoms with Crippen LogP contribution in [0.1, 0.15) is 18.5 Å². The van der Waals surface area contributed by atoms with Gasteiger partial charge in [0.2, 0.25) is 0 Å². The van der Waals surface area contributed by atoms with E-state index in [9.17, 15) is 0 Å². The smallest absolute Gasteiger partial charge is 0.0939 e. The van der Waals surface area contributed by atoms with E-state index in [0.717, 1.165) is 17.8 Å². The van der Waals surface area contributed by atoms with Crippen molar-refractivity contribution in [3.63, 3.8) is 0 Å². The summed E-state index contributed by atoms with van der Waals surface area (Å²) in [6.45, 7) is 5.75. The average Bonchev–Trinajstić information content (AvgIpc) is 3.24. The molecule has 4 rings (SSSR count). The first-order chi connectivity index (χ1) is 10.3. The molecule has 4 heterocycles. The molecule has 2 fully saturated rings. The SMILES string of the molecule is c1cncc(-c2cc(CN3CCC4(CCNC4)C3)[nH]n2)c1. The van der Waals surface area contributed by atoms with E-state index in [4.69, 9.17) is 0 Å². The molecule has 2 saturated heterocycles. The molecule has 2 aromatic rings. The summed E-state index contributed by atoms with van der Waals surface area (Å²) in [4.78, 5) is 6.70. The molecule has 110 valence electrons. The second-order valence-electron chi connectivity index (χ2n) is 6.41. The molecule has 0 radical (unpaired) electrons. The highest BCUT2D eigenvalue weighted by Gasteiger charge is 2.40. The van der Waals surface area contributed by atoms with Gasteiger partial charge in [0.15, 0.2) is 0 Å². The predicted octanol–water partition coefficient (Wildman–Crippen LogP) is 1.66. The molecule has 1 atom stereocenters. The summed E-state index contributed by atoms with van der Waals surface area (Å²) in [5, 5.41) is 11.1. The van der Waals surface area contributed by atoms with Gasteiger partial charge in [-0.1, -0.05) is 0 Å². The van der Waals surface area contributed by atoms with Crippen molar-refractivity contribution in [3.05, 3.63) is 36.3 Å². The number of H-pyrrole nitrogens is 1. The highest BCUT2D eigenvalue weighted by atomic mass is 15.2. The average molecular weight is 283 g/mol. The largest absolute Gasteiger partial charge is 0.316 e. The molecule has 0 aromatic carbocycles. The summed E-state index contributed by atoms with van der Waals surface area (Å²) in [5.74, 6) is 0. The molecule has 0 amide bonds. The minimum Gasteiger partial charge on any atom is -0.316 e.